The van der Waals surface area contributed by atoms with Gasteiger partial charge in [0, 0.05) is 6.54 Å². The maximum Gasteiger partial charge on any atom is 0.0230 e. The summed E-state index contributed by atoms with van der Waals surface area (Å²) >= 11 is 0. The fourth-order valence-corrected chi connectivity index (χ4v) is 1.53. The number of hydrogen-bond donors (Lipinski definition) is 1. The van der Waals surface area contributed by atoms with E-state index in [2.05, 4.69) is 30.7 Å². The Morgan fingerprint density at radius 2 is 2.00 bits per heavy atom. The standard InChI is InChI=1S/C13H20N2/c1-12(11-15(2)10-6-9-14)13-7-4-3-5-8-13/h3-5,7-8H,1,6,9-11,14H2,2H3. The summed E-state index contributed by atoms with van der Waals surface area (Å²) in [6, 6.07) is 10.3. The molecule has 1 rings (SSSR count). The number of nitrogens with two attached hydrogens (primary N) is 1. The molecule has 0 unspecified atom stereocenters. The van der Waals surface area contributed by atoms with Gasteiger partial charge in [-0.25, -0.2) is 0 Å². The van der Waals surface area contributed by atoms with Gasteiger partial charge >= 0.3 is 0 Å². The van der Waals surface area contributed by atoms with E-state index in [0.29, 0.717) is 0 Å². The van der Waals surface area contributed by atoms with Gasteiger partial charge in [-0.05, 0) is 37.7 Å². The van der Waals surface area contributed by atoms with Crippen LogP contribution in [0.2, 0.25) is 0 Å². The summed E-state index contributed by atoms with van der Waals surface area (Å²) < 4.78 is 0. The van der Waals surface area contributed by atoms with E-state index in [1.807, 2.05) is 18.2 Å². The van der Waals surface area contributed by atoms with Crippen molar-refractivity contribution in [3.05, 3.63) is 42.5 Å². The average molecular weight is 204 g/mol. The lowest BCUT2D eigenvalue weighted by Crippen LogP contribution is -2.23. The summed E-state index contributed by atoms with van der Waals surface area (Å²) in [6.45, 7) is 6.79. The van der Waals surface area contributed by atoms with Gasteiger partial charge in [-0.3, -0.25) is 0 Å². The highest BCUT2D eigenvalue weighted by molar-refractivity contribution is 5.64. The van der Waals surface area contributed by atoms with Crippen molar-refractivity contribution in [1.29, 1.82) is 0 Å². The molecule has 0 radical (unpaired) electrons. The highest BCUT2D eigenvalue weighted by Gasteiger charge is 2.02. The third-order valence-corrected chi connectivity index (χ3v) is 2.39. The van der Waals surface area contributed by atoms with Crippen molar-refractivity contribution in [2.75, 3.05) is 26.7 Å². The predicted octanol–water partition coefficient (Wildman–Crippen LogP) is 1.98. The summed E-state index contributed by atoms with van der Waals surface area (Å²) in [7, 11) is 2.10. The first-order valence-electron chi connectivity index (χ1n) is 5.36. The topological polar surface area (TPSA) is 29.3 Å². The first-order valence-corrected chi connectivity index (χ1v) is 5.36. The highest BCUT2D eigenvalue weighted by atomic mass is 15.1. The van der Waals surface area contributed by atoms with Crippen LogP contribution in [0.15, 0.2) is 36.9 Å². The van der Waals surface area contributed by atoms with Gasteiger partial charge in [-0.15, -0.1) is 0 Å². The minimum atomic E-state index is 0.752. The highest BCUT2D eigenvalue weighted by Crippen LogP contribution is 2.12. The molecule has 1 aromatic carbocycles. The summed E-state index contributed by atoms with van der Waals surface area (Å²) in [5, 5.41) is 0. The van der Waals surface area contributed by atoms with Crippen LogP contribution in [0.25, 0.3) is 5.57 Å². The lowest BCUT2D eigenvalue weighted by atomic mass is 10.1. The van der Waals surface area contributed by atoms with E-state index in [0.717, 1.165) is 31.6 Å². The van der Waals surface area contributed by atoms with Crippen molar-refractivity contribution in [3.63, 3.8) is 0 Å². The largest absolute Gasteiger partial charge is 0.330 e. The molecule has 0 aliphatic rings. The molecule has 1 aromatic rings. The number of hydrogen-bond acceptors (Lipinski definition) is 2. The number of nitrogens with zero attached hydrogens (tertiary/aromatic N) is 1. The van der Waals surface area contributed by atoms with E-state index < -0.39 is 0 Å². The lowest BCUT2D eigenvalue weighted by Gasteiger charge is -2.17. The Hall–Kier alpha value is -1.12. The second kappa shape index (κ2) is 6.38. The van der Waals surface area contributed by atoms with Crippen molar-refractivity contribution in [2.24, 2.45) is 5.73 Å². The Morgan fingerprint density at radius 3 is 2.60 bits per heavy atom. The molecule has 0 saturated carbocycles. The SMILES string of the molecule is C=C(CN(C)CCCN)c1ccccc1. The quantitative estimate of drug-likeness (QED) is 0.767. The first-order chi connectivity index (χ1) is 7.24. The molecule has 0 aromatic heterocycles. The molecule has 82 valence electrons. The monoisotopic (exact) mass is 204 g/mol. The van der Waals surface area contributed by atoms with Crippen LogP contribution in [-0.4, -0.2) is 31.6 Å². The summed E-state index contributed by atoms with van der Waals surface area (Å²) in [6.07, 6.45) is 1.04. The van der Waals surface area contributed by atoms with Gasteiger partial charge in [0.15, 0.2) is 0 Å². The van der Waals surface area contributed by atoms with Crippen molar-refractivity contribution in [2.45, 2.75) is 6.42 Å². The number of benzene rings is 1. The molecule has 0 aliphatic carbocycles. The zero-order valence-corrected chi connectivity index (χ0v) is 9.45. The second-order valence-corrected chi connectivity index (χ2v) is 3.85. The second-order valence-electron chi connectivity index (χ2n) is 3.85. The van der Waals surface area contributed by atoms with Crippen LogP contribution in [0, 0.1) is 0 Å². The van der Waals surface area contributed by atoms with E-state index in [1.54, 1.807) is 0 Å². The number of rotatable bonds is 6. The molecule has 0 aliphatic heterocycles. The van der Waals surface area contributed by atoms with Crippen molar-refractivity contribution >= 4 is 5.57 Å². The zero-order valence-electron chi connectivity index (χ0n) is 9.45. The Bertz CT molecular complexity index is 293. The fraction of sp³-hybridized carbons (Fsp3) is 0.385. The van der Waals surface area contributed by atoms with Gasteiger partial charge in [-0.1, -0.05) is 36.9 Å². The normalized spacial score (nSPS) is 10.6. The number of likely N-dealkylation sites (N-methyl/N-ethyl adjacent to an activating group) is 1. The van der Waals surface area contributed by atoms with Crippen LogP contribution in [0.4, 0.5) is 0 Å². The smallest absolute Gasteiger partial charge is 0.0230 e. The minimum absolute atomic E-state index is 0.752. The zero-order chi connectivity index (χ0) is 11.1. The first kappa shape index (κ1) is 12.0. The van der Waals surface area contributed by atoms with E-state index in [1.165, 1.54) is 5.56 Å². The molecule has 0 bridgehead atoms. The van der Waals surface area contributed by atoms with Crippen LogP contribution in [0.5, 0.6) is 0 Å². The minimum Gasteiger partial charge on any atom is -0.330 e. The van der Waals surface area contributed by atoms with Gasteiger partial charge in [0.2, 0.25) is 0 Å². The third kappa shape index (κ3) is 4.28. The van der Waals surface area contributed by atoms with E-state index >= 15 is 0 Å². The Morgan fingerprint density at radius 1 is 1.33 bits per heavy atom. The van der Waals surface area contributed by atoms with Crippen LogP contribution in [-0.2, 0) is 0 Å². The Kier molecular flexibility index (Phi) is 5.08. The van der Waals surface area contributed by atoms with Gasteiger partial charge in [0.1, 0.15) is 0 Å². The maximum absolute atomic E-state index is 5.47. The molecular weight excluding hydrogens is 184 g/mol. The Balaban J connectivity index is 2.42. The van der Waals surface area contributed by atoms with Gasteiger partial charge in [0.05, 0.1) is 0 Å². The molecule has 2 nitrogen and oxygen atoms in total. The van der Waals surface area contributed by atoms with Gasteiger partial charge in [-0.2, -0.15) is 0 Å². The molecule has 0 heterocycles. The summed E-state index contributed by atoms with van der Waals surface area (Å²) in [5.41, 5.74) is 7.85. The van der Waals surface area contributed by atoms with Gasteiger partial charge < -0.3 is 10.6 Å². The maximum atomic E-state index is 5.47. The van der Waals surface area contributed by atoms with Gasteiger partial charge in [0.25, 0.3) is 0 Å². The van der Waals surface area contributed by atoms with Crippen molar-refractivity contribution in [1.82, 2.24) is 4.90 Å². The predicted molar refractivity (Wildman–Crippen MR) is 66.6 cm³/mol. The van der Waals surface area contributed by atoms with Crippen LogP contribution in [0.3, 0.4) is 0 Å². The molecule has 0 saturated heterocycles. The molecule has 0 fully saturated rings. The Labute approximate surface area is 92.4 Å². The lowest BCUT2D eigenvalue weighted by molar-refractivity contribution is 0.371. The fourth-order valence-electron chi connectivity index (χ4n) is 1.53. The summed E-state index contributed by atoms with van der Waals surface area (Å²) in [5.74, 6) is 0. The summed E-state index contributed by atoms with van der Waals surface area (Å²) in [4.78, 5) is 2.25. The molecule has 2 heteroatoms. The van der Waals surface area contributed by atoms with Crippen LogP contribution in [0.1, 0.15) is 12.0 Å². The van der Waals surface area contributed by atoms with Crippen LogP contribution >= 0.6 is 0 Å². The van der Waals surface area contributed by atoms with Crippen LogP contribution < -0.4 is 5.73 Å². The van der Waals surface area contributed by atoms with Crippen molar-refractivity contribution < 1.29 is 0 Å². The van der Waals surface area contributed by atoms with E-state index in [9.17, 15) is 0 Å². The molecule has 0 spiro atoms. The molecule has 15 heavy (non-hydrogen) atoms. The molecule has 0 amide bonds. The van der Waals surface area contributed by atoms with E-state index in [4.69, 9.17) is 5.73 Å². The molecule has 2 N–H and O–H groups in total. The average Bonchev–Trinajstić information content (AvgIpc) is 2.27. The van der Waals surface area contributed by atoms with Crippen molar-refractivity contribution in [3.8, 4) is 0 Å². The third-order valence-electron chi connectivity index (χ3n) is 2.39. The molecule has 0 atom stereocenters. The van der Waals surface area contributed by atoms with E-state index in [-0.39, 0.29) is 0 Å². The molecular formula is C13H20N2.